The summed E-state index contributed by atoms with van der Waals surface area (Å²) < 4.78 is 0. The fourth-order valence-corrected chi connectivity index (χ4v) is 0.732. The Morgan fingerprint density at radius 1 is 1.42 bits per heavy atom. The van der Waals surface area contributed by atoms with E-state index < -0.39 is 30.3 Å². The van der Waals surface area contributed by atoms with Crippen molar-refractivity contribution in [3.05, 3.63) is 0 Å². The van der Waals surface area contributed by atoms with E-state index >= 15 is 0 Å². The molecule has 1 aliphatic rings. The maximum Gasteiger partial charge on any atom is 0.332 e. The first-order chi connectivity index (χ1) is 5.52. The normalized spacial score (nSPS) is 16.7. The van der Waals surface area contributed by atoms with Gasteiger partial charge in [0, 0.05) is 0 Å². The van der Waals surface area contributed by atoms with Crippen LogP contribution in [0, 0.1) is 0 Å². The van der Waals surface area contributed by atoms with Crippen molar-refractivity contribution in [2.75, 3.05) is 6.54 Å². The van der Waals surface area contributed by atoms with Gasteiger partial charge in [-0.2, -0.15) is 0 Å². The van der Waals surface area contributed by atoms with Crippen LogP contribution in [0.1, 0.15) is 0 Å². The van der Waals surface area contributed by atoms with Crippen LogP contribution in [0.3, 0.4) is 0 Å². The number of urea groups is 1. The maximum absolute atomic E-state index is 10.7. The number of nitrogens with zero attached hydrogens (tertiary/aromatic N) is 1. The predicted octanol–water partition coefficient (Wildman–Crippen LogP) is -2.45. The Kier molecular flexibility index (Phi) is 1.78. The zero-order chi connectivity index (χ0) is 9.30. The minimum absolute atomic E-state index is 0.449. The second kappa shape index (κ2) is 2.61. The minimum Gasteiger partial charge on any atom is -0.368 e. The molecule has 12 heavy (non-hydrogen) atoms. The summed E-state index contributed by atoms with van der Waals surface area (Å²) in [6.45, 7) is -0.573. The Bertz CT molecular complexity index is 284. The van der Waals surface area contributed by atoms with Gasteiger partial charge >= 0.3 is 17.8 Å². The molecule has 0 aromatic carbocycles. The SMILES string of the molecule is NC(=O)CN1C(=O)NC(=O)C1=O. The van der Waals surface area contributed by atoms with Crippen LogP contribution < -0.4 is 11.1 Å². The molecule has 0 spiro atoms. The van der Waals surface area contributed by atoms with E-state index in [-0.39, 0.29) is 0 Å². The van der Waals surface area contributed by atoms with Gasteiger partial charge in [-0.3, -0.25) is 19.7 Å². The Morgan fingerprint density at radius 3 is 2.33 bits per heavy atom. The summed E-state index contributed by atoms with van der Waals surface area (Å²) in [5, 5.41) is 1.71. The molecule has 64 valence electrons. The molecule has 0 bridgehead atoms. The summed E-state index contributed by atoms with van der Waals surface area (Å²) in [6, 6.07) is -0.913. The van der Waals surface area contributed by atoms with Gasteiger partial charge in [-0.25, -0.2) is 9.69 Å². The smallest absolute Gasteiger partial charge is 0.332 e. The molecule has 1 fully saturated rings. The molecule has 7 heteroatoms. The third kappa shape index (κ3) is 1.24. The van der Waals surface area contributed by atoms with Gasteiger partial charge in [0.1, 0.15) is 6.54 Å². The van der Waals surface area contributed by atoms with Crippen LogP contribution in [-0.2, 0) is 14.4 Å². The van der Waals surface area contributed by atoms with Gasteiger partial charge in [-0.15, -0.1) is 0 Å². The molecule has 0 saturated carbocycles. The van der Waals surface area contributed by atoms with E-state index in [1.165, 1.54) is 0 Å². The molecule has 0 aliphatic carbocycles. The van der Waals surface area contributed by atoms with Crippen molar-refractivity contribution in [3.8, 4) is 0 Å². The lowest BCUT2D eigenvalue weighted by Crippen LogP contribution is -2.38. The van der Waals surface area contributed by atoms with Gasteiger partial charge in [0.15, 0.2) is 0 Å². The summed E-state index contributed by atoms with van der Waals surface area (Å²) >= 11 is 0. The second-order valence-corrected chi connectivity index (χ2v) is 2.12. The highest BCUT2D eigenvalue weighted by Gasteiger charge is 2.37. The van der Waals surface area contributed by atoms with Crippen molar-refractivity contribution >= 4 is 23.8 Å². The number of rotatable bonds is 2. The number of nitrogens with two attached hydrogens (primary N) is 1. The monoisotopic (exact) mass is 171 g/mol. The van der Waals surface area contributed by atoms with E-state index in [1.54, 1.807) is 5.32 Å². The summed E-state index contributed by atoms with van der Waals surface area (Å²) in [5.41, 5.74) is 4.72. The number of hydrogen-bond donors (Lipinski definition) is 2. The van der Waals surface area contributed by atoms with Crippen molar-refractivity contribution in [1.82, 2.24) is 10.2 Å². The molecule has 0 aromatic rings. The van der Waals surface area contributed by atoms with Gasteiger partial charge in [0.2, 0.25) is 5.91 Å². The van der Waals surface area contributed by atoms with Crippen molar-refractivity contribution in [3.63, 3.8) is 0 Å². The highest BCUT2D eigenvalue weighted by Crippen LogP contribution is 1.98. The average Bonchev–Trinajstić information content (AvgIpc) is 2.16. The van der Waals surface area contributed by atoms with Crippen LogP contribution in [0.15, 0.2) is 0 Å². The number of carbonyl (C=O) groups is 4. The van der Waals surface area contributed by atoms with Gasteiger partial charge < -0.3 is 5.73 Å². The summed E-state index contributed by atoms with van der Waals surface area (Å²) in [6.07, 6.45) is 0. The molecule has 1 aliphatic heterocycles. The molecule has 5 amide bonds. The Labute approximate surface area is 66.5 Å². The number of amides is 5. The highest BCUT2D eigenvalue weighted by atomic mass is 16.2. The fourth-order valence-electron chi connectivity index (χ4n) is 0.732. The van der Waals surface area contributed by atoms with Crippen molar-refractivity contribution < 1.29 is 19.2 Å². The number of primary amides is 1. The van der Waals surface area contributed by atoms with Gasteiger partial charge in [0.25, 0.3) is 0 Å². The first kappa shape index (κ1) is 8.18. The Balaban J connectivity index is 2.77. The zero-order valence-corrected chi connectivity index (χ0v) is 5.86. The number of carbonyl (C=O) groups excluding carboxylic acids is 4. The molecule has 0 unspecified atom stereocenters. The Hall–Kier alpha value is -1.92. The standard InChI is InChI=1S/C5H5N3O4/c6-2(9)1-8-4(11)3(10)7-5(8)12/h1H2,(H2,6,9)(H,7,10,12). The molecule has 1 rings (SSSR count). The lowest BCUT2D eigenvalue weighted by molar-refractivity contribution is -0.141. The van der Waals surface area contributed by atoms with Crippen molar-refractivity contribution in [2.45, 2.75) is 0 Å². The molecular weight excluding hydrogens is 166 g/mol. The lowest BCUT2D eigenvalue weighted by atomic mass is 10.5. The third-order valence-electron chi connectivity index (χ3n) is 1.22. The minimum atomic E-state index is -1.06. The van der Waals surface area contributed by atoms with E-state index in [2.05, 4.69) is 0 Å². The lowest BCUT2D eigenvalue weighted by Gasteiger charge is -2.06. The van der Waals surface area contributed by atoms with E-state index in [1.807, 2.05) is 0 Å². The number of imide groups is 2. The van der Waals surface area contributed by atoms with Crippen LogP contribution in [0.5, 0.6) is 0 Å². The van der Waals surface area contributed by atoms with Gasteiger partial charge in [0.05, 0.1) is 0 Å². The first-order valence-electron chi connectivity index (χ1n) is 2.97. The highest BCUT2D eigenvalue weighted by molar-refractivity contribution is 6.45. The second-order valence-electron chi connectivity index (χ2n) is 2.12. The third-order valence-corrected chi connectivity index (χ3v) is 1.22. The topological polar surface area (TPSA) is 110 Å². The Morgan fingerprint density at radius 2 is 2.00 bits per heavy atom. The molecule has 3 N–H and O–H groups in total. The predicted molar refractivity (Wildman–Crippen MR) is 34.4 cm³/mol. The zero-order valence-electron chi connectivity index (χ0n) is 5.86. The summed E-state index contributed by atoms with van der Waals surface area (Å²) in [5.74, 6) is -2.95. The van der Waals surface area contributed by atoms with Crippen LogP contribution >= 0.6 is 0 Å². The van der Waals surface area contributed by atoms with E-state index in [0.29, 0.717) is 4.90 Å². The van der Waals surface area contributed by atoms with Gasteiger partial charge in [-0.05, 0) is 0 Å². The fraction of sp³-hybridized carbons (Fsp3) is 0.200. The molecular formula is C5H5N3O4. The van der Waals surface area contributed by atoms with Gasteiger partial charge in [-0.1, -0.05) is 0 Å². The van der Waals surface area contributed by atoms with E-state index in [0.717, 1.165) is 0 Å². The number of hydrogen-bond acceptors (Lipinski definition) is 4. The van der Waals surface area contributed by atoms with Crippen LogP contribution in [-0.4, -0.2) is 35.2 Å². The van der Waals surface area contributed by atoms with Crippen molar-refractivity contribution in [1.29, 1.82) is 0 Å². The molecule has 7 nitrogen and oxygen atoms in total. The summed E-state index contributed by atoms with van der Waals surface area (Å²) in [7, 11) is 0. The van der Waals surface area contributed by atoms with Crippen LogP contribution in [0.25, 0.3) is 0 Å². The molecule has 1 heterocycles. The van der Waals surface area contributed by atoms with Crippen LogP contribution in [0.2, 0.25) is 0 Å². The van der Waals surface area contributed by atoms with Crippen LogP contribution in [0.4, 0.5) is 4.79 Å². The summed E-state index contributed by atoms with van der Waals surface area (Å²) in [4.78, 5) is 42.7. The van der Waals surface area contributed by atoms with Crippen molar-refractivity contribution in [2.24, 2.45) is 5.73 Å². The quantitative estimate of drug-likeness (QED) is 0.355. The first-order valence-corrected chi connectivity index (χ1v) is 2.97. The van der Waals surface area contributed by atoms with E-state index in [9.17, 15) is 19.2 Å². The molecule has 1 saturated heterocycles. The largest absolute Gasteiger partial charge is 0.368 e. The molecule has 0 aromatic heterocycles. The maximum atomic E-state index is 10.7. The number of nitrogens with one attached hydrogen (secondary N) is 1. The average molecular weight is 171 g/mol. The molecule has 0 radical (unpaired) electrons. The molecule has 0 atom stereocenters. The van der Waals surface area contributed by atoms with E-state index in [4.69, 9.17) is 5.73 Å².